The summed E-state index contributed by atoms with van der Waals surface area (Å²) in [5, 5.41) is 3.93. The SMILES string of the molecule is Cc1nc(C)c(C(=O)NC2CCCC2N)s1. The third-order valence-corrected chi connectivity index (χ3v) is 4.07. The standard InChI is InChI=1S/C11H17N3OS/c1-6-10(16-7(2)13-6)11(15)14-9-5-3-4-8(9)12/h8-9H,3-5,12H2,1-2H3,(H,14,15). The molecule has 1 amide bonds. The largest absolute Gasteiger partial charge is 0.347 e. The van der Waals surface area contributed by atoms with E-state index >= 15 is 0 Å². The zero-order valence-electron chi connectivity index (χ0n) is 9.62. The van der Waals surface area contributed by atoms with Crippen molar-refractivity contribution < 1.29 is 4.79 Å². The number of carbonyl (C=O) groups is 1. The second-order valence-corrected chi connectivity index (χ2v) is 5.53. The second kappa shape index (κ2) is 4.51. The van der Waals surface area contributed by atoms with Gasteiger partial charge in [-0.3, -0.25) is 4.79 Å². The fraction of sp³-hybridized carbons (Fsp3) is 0.636. The molecule has 1 aromatic rings. The van der Waals surface area contributed by atoms with Gasteiger partial charge in [-0.2, -0.15) is 0 Å². The maximum Gasteiger partial charge on any atom is 0.263 e. The molecule has 1 aliphatic rings. The molecule has 88 valence electrons. The fourth-order valence-electron chi connectivity index (χ4n) is 2.14. The molecular weight excluding hydrogens is 222 g/mol. The number of amides is 1. The number of carbonyl (C=O) groups excluding carboxylic acids is 1. The lowest BCUT2D eigenvalue weighted by Gasteiger charge is -2.16. The van der Waals surface area contributed by atoms with Crippen molar-refractivity contribution in [2.75, 3.05) is 0 Å². The van der Waals surface area contributed by atoms with Crippen molar-refractivity contribution in [3.8, 4) is 0 Å². The highest BCUT2D eigenvalue weighted by Crippen LogP contribution is 2.20. The highest BCUT2D eigenvalue weighted by atomic mass is 32.1. The molecule has 2 atom stereocenters. The van der Waals surface area contributed by atoms with Gasteiger partial charge in [0.25, 0.3) is 5.91 Å². The van der Waals surface area contributed by atoms with E-state index in [1.165, 1.54) is 11.3 Å². The normalized spacial score (nSPS) is 24.7. The minimum atomic E-state index is -0.0227. The average Bonchev–Trinajstić information content (AvgIpc) is 2.74. The van der Waals surface area contributed by atoms with Crippen LogP contribution < -0.4 is 11.1 Å². The third-order valence-electron chi connectivity index (χ3n) is 3.00. The topological polar surface area (TPSA) is 68.0 Å². The van der Waals surface area contributed by atoms with Gasteiger partial charge in [-0.1, -0.05) is 0 Å². The molecule has 0 radical (unpaired) electrons. The van der Waals surface area contributed by atoms with Crippen LogP contribution in [0.3, 0.4) is 0 Å². The maximum atomic E-state index is 12.0. The Labute approximate surface area is 99.3 Å². The first kappa shape index (κ1) is 11.5. The first-order valence-corrected chi connectivity index (χ1v) is 6.40. The van der Waals surface area contributed by atoms with Crippen LogP contribution >= 0.6 is 11.3 Å². The summed E-state index contributed by atoms with van der Waals surface area (Å²) in [7, 11) is 0. The monoisotopic (exact) mass is 239 g/mol. The van der Waals surface area contributed by atoms with E-state index in [0.717, 1.165) is 34.8 Å². The zero-order chi connectivity index (χ0) is 11.7. The number of nitrogens with zero attached hydrogens (tertiary/aromatic N) is 1. The van der Waals surface area contributed by atoms with E-state index in [1.807, 2.05) is 13.8 Å². The summed E-state index contributed by atoms with van der Waals surface area (Å²) in [5.74, 6) is -0.0227. The van der Waals surface area contributed by atoms with Crippen LogP contribution in [0.15, 0.2) is 0 Å². The van der Waals surface area contributed by atoms with Gasteiger partial charge in [0.05, 0.1) is 10.7 Å². The Morgan fingerprint density at radius 3 is 2.75 bits per heavy atom. The molecule has 0 bridgehead atoms. The molecule has 0 aromatic carbocycles. The van der Waals surface area contributed by atoms with E-state index in [9.17, 15) is 4.79 Å². The van der Waals surface area contributed by atoms with Crippen molar-refractivity contribution in [3.05, 3.63) is 15.6 Å². The summed E-state index contributed by atoms with van der Waals surface area (Å²) in [6.45, 7) is 3.78. The van der Waals surface area contributed by atoms with Crippen molar-refractivity contribution in [1.29, 1.82) is 0 Å². The molecular formula is C11H17N3OS. The summed E-state index contributed by atoms with van der Waals surface area (Å²) in [5.41, 5.74) is 6.73. The molecule has 1 saturated carbocycles. The lowest BCUT2D eigenvalue weighted by atomic mass is 10.2. The van der Waals surface area contributed by atoms with Crippen LogP contribution in [-0.4, -0.2) is 23.0 Å². The quantitative estimate of drug-likeness (QED) is 0.819. The number of aryl methyl sites for hydroxylation is 2. The molecule has 4 nitrogen and oxygen atoms in total. The summed E-state index contributed by atoms with van der Waals surface area (Å²) < 4.78 is 0. The van der Waals surface area contributed by atoms with E-state index in [0.29, 0.717) is 0 Å². The number of nitrogens with one attached hydrogen (secondary N) is 1. The summed E-state index contributed by atoms with van der Waals surface area (Å²) in [6, 6.07) is 0.243. The van der Waals surface area contributed by atoms with Gasteiger partial charge in [-0.25, -0.2) is 4.98 Å². The molecule has 1 heterocycles. The Kier molecular flexibility index (Phi) is 3.25. The molecule has 0 aliphatic heterocycles. The fourth-order valence-corrected chi connectivity index (χ4v) is 2.97. The van der Waals surface area contributed by atoms with Crippen molar-refractivity contribution in [1.82, 2.24) is 10.3 Å². The highest BCUT2D eigenvalue weighted by Gasteiger charge is 2.26. The Bertz CT molecular complexity index is 402. The summed E-state index contributed by atoms with van der Waals surface area (Å²) >= 11 is 1.44. The lowest BCUT2D eigenvalue weighted by Crippen LogP contribution is -2.43. The molecule has 5 heteroatoms. The smallest absolute Gasteiger partial charge is 0.263 e. The Morgan fingerprint density at radius 2 is 2.25 bits per heavy atom. The maximum absolute atomic E-state index is 12.0. The summed E-state index contributed by atoms with van der Waals surface area (Å²) in [4.78, 5) is 17.0. The Morgan fingerprint density at radius 1 is 1.50 bits per heavy atom. The van der Waals surface area contributed by atoms with Crippen LogP contribution in [0.4, 0.5) is 0 Å². The Hall–Kier alpha value is -0.940. The van der Waals surface area contributed by atoms with Gasteiger partial charge in [0.1, 0.15) is 4.88 Å². The Balaban J connectivity index is 2.05. The van der Waals surface area contributed by atoms with Gasteiger partial charge < -0.3 is 11.1 Å². The van der Waals surface area contributed by atoms with Crippen LogP contribution in [-0.2, 0) is 0 Å². The van der Waals surface area contributed by atoms with Gasteiger partial charge in [-0.15, -0.1) is 11.3 Å². The van der Waals surface area contributed by atoms with Crippen LogP contribution in [0.2, 0.25) is 0 Å². The zero-order valence-corrected chi connectivity index (χ0v) is 10.4. The third kappa shape index (κ3) is 2.25. The van der Waals surface area contributed by atoms with Gasteiger partial charge >= 0.3 is 0 Å². The van der Waals surface area contributed by atoms with Crippen molar-refractivity contribution in [2.45, 2.75) is 45.2 Å². The van der Waals surface area contributed by atoms with Gasteiger partial charge in [0, 0.05) is 12.1 Å². The lowest BCUT2D eigenvalue weighted by molar-refractivity contribution is 0.0938. The second-order valence-electron chi connectivity index (χ2n) is 4.32. The van der Waals surface area contributed by atoms with E-state index in [1.54, 1.807) is 0 Å². The number of aromatic nitrogens is 1. The molecule has 1 aliphatic carbocycles. The molecule has 2 unspecified atom stereocenters. The average molecular weight is 239 g/mol. The highest BCUT2D eigenvalue weighted by molar-refractivity contribution is 7.13. The van der Waals surface area contributed by atoms with Crippen LogP contribution in [0.1, 0.15) is 39.6 Å². The molecule has 1 aromatic heterocycles. The number of rotatable bonds is 2. The van der Waals surface area contributed by atoms with Gasteiger partial charge in [-0.05, 0) is 33.1 Å². The van der Waals surface area contributed by atoms with E-state index in [2.05, 4.69) is 10.3 Å². The van der Waals surface area contributed by atoms with Crippen molar-refractivity contribution >= 4 is 17.2 Å². The first-order valence-electron chi connectivity index (χ1n) is 5.58. The van der Waals surface area contributed by atoms with Gasteiger partial charge in [0.15, 0.2) is 0 Å². The molecule has 3 N–H and O–H groups in total. The molecule has 2 rings (SSSR count). The number of thiazole rings is 1. The predicted molar refractivity (Wildman–Crippen MR) is 64.7 cm³/mol. The summed E-state index contributed by atoms with van der Waals surface area (Å²) in [6.07, 6.45) is 3.10. The van der Waals surface area contributed by atoms with Crippen LogP contribution in [0, 0.1) is 13.8 Å². The van der Waals surface area contributed by atoms with E-state index in [-0.39, 0.29) is 18.0 Å². The molecule has 16 heavy (non-hydrogen) atoms. The van der Waals surface area contributed by atoms with E-state index in [4.69, 9.17) is 5.73 Å². The van der Waals surface area contributed by atoms with Crippen molar-refractivity contribution in [2.24, 2.45) is 5.73 Å². The van der Waals surface area contributed by atoms with Gasteiger partial charge in [0.2, 0.25) is 0 Å². The number of hydrogen-bond acceptors (Lipinski definition) is 4. The molecule has 0 spiro atoms. The van der Waals surface area contributed by atoms with Crippen LogP contribution in [0.5, 0.6) is 0 Å². The molecule has 0 saturated heterocycles. The van der Waals surface area contributed by atoms with Crippen LogP contribution in [0.25, 0.3) is 0 Å². The first-order chi connectivity index (χ1) is 7.58. The minimum Gasteiger partial charge on any atom is -0.347 e. The van der Waals surface area contributed by atoms with E-state index < -0.39 is 0 Å². The van der Waals surface area contributed by atoms with Crippen molar-refractivity contribution in [3.63, 3.8) is 0 Å². The minimum absolute atomic E-state index is 0.0227. The number of hydrogen-bond donors (Lipinski definition) is 2. The number of nitrogens with two attached hydrogens (primary N) is 1. The molecule has 1 fully saturated rings. The predicted octanol–water partition coefficient (Wildman–Crippen LogP) is 1.37.